The van der Waals surface area contributed by atoms with Crippen LogP contribution < -0.4 is 0 Å². The van der Waals surface area contributed by atoms with Crippen molar-refractivity contribution in [2.45, 2.75) is 39.2 Å². The first-order chi connectivity index (χ1) is 5.77. The van der Waals surface area contributed by atoms with Crippen molar-refractivity contribution >= 4 is 0 Å². The van der Waals surface area contributed by atoms with Crippen LogP contribution in [0.15, 0.2) is 0 Å². The highest BCUT2D eigenvalue weighted by Crippen LogP contribution is 2.20. The minimum atomic E-state index is 0.326. The lowest BCUT2D eigenvalue weighted by atomic mass is 10.1. The van der Waals surface area contributed by atoms with Gasteiger partial charge in [0, 0.05) is 19.2 Å². The fourth-order valence-corrected chi connectivity index (χ4v) is 2.06. The highest BCUT2D eigenvalue weighted by atomic mass is 16.3. The van der Waals surface area contributed by atoms with Crippen LogP contribution in [0.5, 0.6) is 0 Å². The Kier molecular flexibility index (Phi) is 4.02. The molecule has 1 rings (SSSR count). The maximum absolute atomic E-state index is 8.93. The van der Waals surface area contributed by atoms with Crippen molar-refractivity contribution in [3.8, 4) is 0 Å². The van der Waals surface area contributed by atoms with E-state index in [0.717, 1.165) is 12.6 Å². The fourth-order valence-electron chi connectivity index (χ4n) is 2.06. The molecule has 72 valence electrons. The van der Waals surface area contributed by atoms with E-state index >= 15 is 0 Å². The number of nitrogens with zero attached hydrogens (tertiary/aromatic N) is 1. The number of likely N-dealkylation sites (tertiary alicyclic amines) is 1. The first-order valence-electron chi connectivity index (χ1n) is 5.12. The van der Waals surface area contributed by atoms with Crippen LogP contribution in [-0.4, -0.2) is 35.7 Å². The quantitative estimate of drug-likeness (QED) is 0.692. The molecule has 2 unspecified atom stereocenters. The Hall–Kier alpha value is -0.0800. The topological polar surface area (TPSA) is 23.5 Å². The van der Waals surface area contributed by atoms with Crippen LogP contribution in [0.4, 0.5) is 0 Å². The smallest absolute Gasteiger partial charge is 0.0468 e. The Morgan fingerprint density at radius 2 is 2.33 bits per heavy atom. The Bertz CT molecular complexity index is 127. The van der Waals surface area contributed by atoms with Gasteiger partial charge in [-0.1, -0.05) is 13.8 Å². The van der Waals surface area contributed by atoms with Crippen LogP contribution >= 0.6 is 0 Å². The third-order valence-electron chi connectivity index (χ3n) is 2.83. The molecule has 0 aromatic heterocycles. The first kappa shape index (κ1) is 10.0. The van der Waals surface area contributed by atoms with Crippen LogP contribution in [0.25, 0.3) is 0 Å². The Morgan fingerprint density at radius 1 is 1.58 bits per heavy atom. The van der Waals surface area contributed by atoms with Gasteiger partial charge in [-0.3, -0.25) is 0 Å². The Balaban J connectivity index is 2.30. The van der Waals surface area contributed by atoms with Crippen molar-refractivity contribution in [2.24, 2.45) is 5.92 Å². The molecule has 0 aromatic rings. The molecule has 1 N–H and O–H groups in total. The van der Waals surface area contributed by atoms with Gasteiger partial charge in [-0.2, -0.15) is 0 Å². The van der Waals surface area contributed by atoms with E-state index in [1.807, 2.05) is 0 Å². The molecule has 1 aliphatic heterocycles. The van der Waals surface area contributed by atoms with Crippen molar-refractivity contribution in [1.82, 2.24) is 4.90 Å². The molecule has 2 nitrogen and oxygen atoms in total. The van der Waals surface area contributed by atoms with E-state index in [0.29, 0.717) is 12.5 Å². The summed E-state index contributed by atoms with van der Waals surface area (Å²) in [6, 6.07) is 0.791. The van der Waals surface area contributed by atoms with E-state index in [2.05, 4.69) is 18.7 Å². The van der Waals surface area contributed by atoms with Gasteiger partial charge in [0.15, 0.2) is 0 Å². The molecule has 2 atom stereocenters. The molecular formula is C10H21NO. The number of aliphatic hydroxyl groups excluding tert-OH is 1. The minimum Gasteiger partial charge on any atom is -0.396 e. The number of hydrogen-bond donors (Lipinski definition) is 1. The van der Waals surface area contributed by atoms with Gasteiger partial charge >= 0.3 is 0 Å². The largest absolute Gasteiger partial charge is 0.396 e. The van der Waals surface area contributed by atoms with Gasteiger partial charge < -0.3 is 10.0 Å². The highest BCUT2D eigenvalue weighted by molar-refractivity contribution is 4.78. The van der Waals surface area contributed by atoms with Gasteiger partial charge in [0.1, 0.15) is 0 Å². The Morgan fingerprint density at radius 3 is 2.92 bits per heavy atom. The summed E-state index contributed by atoms with van der Waals surface area (Å²) in [6.07, 6.45) is 3.96. The van der Waals surface area contributed by atoms with E-state index in [-0.39, 0.29) is 0 Å². The molecule has 1 fully saturated rings. The van der Waals surface area contributed by atoms with Crippen LogP contribution in [-0.2, 0) is 0 Å². The molecule has 1 aliphatic rings. The monoisotopic (exact) mass is 171 g/mol. The zero-order chi connectivity index (χ0) is 8.97. The van der Waals surface area contributed by atoms with Crippen molar-refractivity contribution in [3.05, 3.63) is 0 Å². The second kappa shape index (κ2) is 4.83. The van der Waals surface area contributed by atoms with Crippen molar-refractivity contribution < 1.29 is 5.11 Å². The maximum atomic E-state index is 8.93. The summed E-state index contributed by atoms with van der Waals surface area (Å²) in [5.74, 6) is 0.442. The van der Waals surface area contributed by atoms with Crippen molar-refractivity contribution in [1.29, 1.82) is 0 Å². The van der Waals surface area contributed by atoms with Crippen molar-refractivity contribution in [3.63, 3.8) is 0 Å². The lowest BCUT2D eigenvalue weighted by Gasteiger charge is -2.25. The minimum absolute atomic E-state index is 0.326. The average molecular weight is 171 g/mol. The summed E-state index contributed by atoms with van der Waals surface area (Å²) in [5.41, 5.74) is 0. The predicted octanol–water partition coefficient (Wildman–Crippen LogP) is 1.49. The summed E-state index contributed by atoms with van der Waals surface area (Å²) in [7, 11) is 0. The number of hydrogen-bond acceptors (Lipinski definition) is 2. The lowest BCUT2D eigenvalue weighted by Crippen LogP contribution is -2.33. The summed E-state index contributed by atoms with van der Waals surface area (Å²) in [6.45, 7) is 7.02. The van der Waals surface area contributed by atoms with Crippen LogP contribution in [0.2, 0.25) is 0 Å². The van der Waals surface area contributed by atoms with Gasteiger partial charge in [0.25, 0.3) is 0 Å². The van der Waals surface area contributed by atoms with E-state index in [9.17, 15) is 0 Å². The molecule has 0 radical (unpaired) electrons. The van der Waals surface area contributed by atoms with Gasteiger partial charge in [-0.05, 0) is 31.7 Å². The molecule has 0 aromatic carbocycles. The van der Waals surface area contributed by atoms with E-state index in [1.165, 1.54) is 25.8 Å². The molecule has 0 aliphatic carbocycles. The second-order valence-electron chi connectivity index (χ2n) is 3.99. The molecule has 12 heavy (non-hydrogen) atoms. The number of rotatable bonds is 4. The standard InChI is InChI=1S/C10H21NO/c1-3-10-5-4-6-11(10)7-9(2)8-12/h9-10,12H,3-8H2,1-2H3. The summed E-state index contributed by atoms with van der Waals surface area (Å²) in [4.78, 5) is 2.53. The van der Waals surface area contributed by atoms with Crippen LogP contribution in [0, 0.1) is 5.92 Å². The molecule has 0 bridgehead atoms. The molecule has 1 saturated heterocycles. The number of aliphatic hydroxyl groups is 1. The summed E-state index contributed by atoms with van der Waals surface area (Å²) in [5, 5.41) is 8.93. The third kappa shape index (κ3) is 2.46. The second-order valence-corrected chi connectivity index (χ2v) is 3.99. The van der Waals surface area contributed by atoms with E-state index in [4.69, 9.17) is 5.11 Å². The maximum Gasteiger partial charge on any atom is 0.0468 e. The van der Waals surface area contributed by atoms with E-state index in [1.54, 1.807) is 0 Å². The summed E-state index contributed by atoms with van der Waals surface area (Å²) >= 11 is 0. The highest BCUT2D eigenvalue weighted by Gasteiger charge is 2.23. The third-order valence-corrected chi connectivity index (χ3v) is 2.83. The zero-order valence-corrected chi connectivity index (χ0v) is 8.29. The van der Waals surface area contributed by atoms with Crippen molar-refractivity contribution in [2.75, 3.05) is 19.7 Å². The average Bonchev–Trinajstić information content (AvgIpc) is 2.51. The van der Waals surface area contributed by atoms with Crippen LogP contribution in [0.3, 0.4) is 0 Å². The predicted molar refractivity (Wildman–Crippen MR) is 51.1 cm³/mol. The molecule has 0 spiro atoms. The van der Waals surface area contributed by atoms with Gasteiger partial charge in [0.2, 0.25) is 0 Å². The molecule has 1 heterocycles. The molecule has 0 amide bonds. The normalized spacial score (nSPS) is 27.8. The van der Waals surface area contributed by atoms with Gasteiger partial charge in [0.05, 0.1) is 0 Å². The van der Waals surface area contributed by atoms with E-state index < -0.39 is 0 Å². The summed E-state index contributed by atoms with van der Waals surface area (Å²) < 4.78 is 0. The fraction of sp³-hybridized carbons (Fsp3) is 1.00. The first-order valence-corrected chi connectivity index (χ1v) is 5.12. The van der Waals surface area contributed by atoms with Gasteiger partial charge in [-0.15, -0.1) is 0 Å². The molecule has 2 heteroatoms. The molecule has 0 saturated carbocycles. The lowest BCUT2D eigenvalue weighted by molar-refractivity contribution is 0.162. The van der Waals surface area contributed by atoms with Crippen LogP contribution in [0.1, 0.15) is 33.1 Å². The molecular weight excluding hydrogens is 150 g/mol. The van der Waals surface area contributed by atoms with Gasteiger partial charge in [-0.25, -0.2) is 0 Å². The zero-order valence-electron chi connectivity index (χ0n) is 8.29. The Labute approximate surface area is 75.6 Å². The SMILES string of the molecule is CCC1CCCN1CC(C)CO.